The summed E-state index contributed by atoms with van der Waals surface area (Å²) >= 11 is 0. The number of rotatable bonds is 2. The molecule has 1 aromatic rings. The zero-order valence-corrected chi connectivity index (χ0v) is 11.8. The van der Waals surface area contributed by atoms with Crippen molar-refractivity contribution in [2.24, 2.45) is 5.41 Å². The normalized spacial score (nSPS) is 35.6. The van der Waals surface area contributed by atoms with E-state index in [-0.39, 0.29) is 5.54 Å². The first kappa shape index (κ1) is 12.1. The molecule has 2 aliphatic rings. The Bertz CT molecular complexity index is 437. The van der Waals surface area contributed by atoms with Crippen LogP contribution in [0.1, 0.15) is 46.2 Å². The quantitative estimate of drug-likeness (QED) is 0.802. The summed E-state index contributed by atoms with van der Waals surface area (Å²) in [6.45, 7) is 9.37. The summed E-state index contributed by atoms with van der Waals surface area (Å²) in [6.07, 6.45) is 9.24. The van der Waals surface area contributed by atoms with Gasteiger partial charge >= 0.3 is 0 Å². The molecule has 1 saturated carbocycles. The van der Waals surface area contributed by atoms with E-state index >= 15 is 0 Å². The van der Waals surface area contributed by atoms with Gasteiger partial charge in [0.25, 0.3) is 0 Å². The van der Waals surface area contributed by atoms with E-state index in [9.17, 15) is 0 Å². The predicted molar refractivity (Wildman–Crippen MR) is 72.2 cm³/mol. The van der Waals surface area contributed by atoms with Crippen molar-refractivity contribution in [1.29, 1.82) is 0 Å². The van der Waals surface area contributed by atoms with Gasteiger partial charge in [-0.2, -0.15) is 0 Å². The fraction of sp³-hybridized carbons (Fsp3) is 0.733. The van der Waals surface area contributed by atoms with Crippen molar-refractivity contribution in [1.82, 2.24) is 14.9 Å². The maximum Gasteiger partial charge on any atom is 0.0592 e. The molecule has 3 rings (SSSR count). The third-order valence-electron chi connectivity index (χ3n) is 4.58. The lowest BCUT2D eigenvalue weighted by Crippen LogP contribution is -2.45. The van der Waals surface area contributed by atoms with E-state index in [1.54, 1.807) is 6.20 Å². The van der Waals surface area contributed by atoms with Crippen molar-refractivity contribution in [3.8, 4) is 0 Å². The van der Waals surface area contributed by atoms with Crippen LogP contribution in [0.15, 0.2) is 18.6 Å². The molecular formula is C15H23N3. The summed E-state index contributed by atoms with van der Waals surface area (Å²) in [7, 11) is 0. The van der Waals surface area contributed by atoms with Gasteiger partial charge < -0.3 is 0 Å². The van der Waals surface area contributed by atoms with Crippen molar-refractivity contribution in [2.45, 2.75) is 64.6 Å². The zero-order valence-electron chi connectivity index (χ0n) is 11.8. The first-order chi connectivity index (χ1) is 8.42. The first-order valence-electron chi connectivity index (χ1n) is 6.96. The Morgan fingerprint density at radius 3 is 2.67 bits per heavy atom. The highest BCUT2D eigenvalue weighted by atomic mass is 15.3. The minimum Gasteiger partial charge on any atom is -0.292 e. The van der Waals surface area contributed by atoms with E-state index in [0.717, 1.165) is 18.2 Å². The molecule has 0 spiro atoms. The highest BCUT2D eigenvalue weighted by molar-refractivity contribution is 5.21. The van der Waals surface area contributed by atoms with Gasteiger partial charge in [0.2, 0.25) is 0 Å². The molecule has 0 N–H and O–H groups in total. The van der Waals surface area contributed by atoms with Crippen LogP contribution in [-0.2, 0) is 6.42 Å². The minimum absolute atomic E-state index is 0.282. The molecule has 0 bridgehead atoms. The second-order valence-corrected chi connectivity index (χ2v) is 7.09. The molecule has 0 radical (unpaired) electrons. The average Bonchev–Trinajstić information content (AvgIpc) is 2.82. The maximum atomic E-state index is 4.45. The van der Waals surface area contributed by atoms with Gasteiger partial charge in [0.05, 0.1) is 5.69 Å². The molecule has 1 saturated heterocycles. The second-order valence-electron chi connectivity index (χ2n) is 7.09. The molecule has 1 aliphatic carbocycles. The highest BCUT2D eigenvalue weighted by Gasteiger charge is 2.64. The number of hydrogen-bond donors (Lipinski definition) is 0. The van der Waals surface area contributed by atoms with Gasteiger partial charge in [-0.3, -0.25) is 14.9 Å². The summed E-state index contributed by atoms with van der Waals surface area (Å²) < 4.78 is 0. The SMILES string of the molecule is C[C@@H]1C[C@@]2(Cc3cnccn3)C[C@H]2N1C(C)(C)C. The van der Waals surface area contributed by atoms with Gasteiger partial charge in [-0.15, -0.1) is 0 Å². The van der Waals surface area contributed by atoms with E-state index < -0.39 is 0 Å². The number of aromatic nitrogens is 2. The lowest BCUT2D eigenvalue weighted by molar-refractivity contribution is 0.104. The standard InChI is InChI=1S/C15H23N3/c1-11-7-15(8-12-10-16-5-6-17-12)9-13(15)18(11)14(2,3)4/h5-6,10-11,13H,7-9H2,1-4H3/t11-,13-,15-/m1/s1. The largest absolute Gasteiger partial charge is 0.292 e. The van der Waals surface area contributed by atoms with Gasteiger partial charge in [0, 0.05) is 36.2 Å². The van der Waals surface area contributed by atoms with Gasteiger partial charge in [-0.1, -0.05) is 0 Å². The summed E-state index contributed by atoms with van der Waals surface area (Å²) in [5.74, 6) is 0. The van der Waals surface area contributed by atoms with E-state index in [0.29, 0.717) is 11.5 Å². The van der Waals surface area contributed by atoms with Gasteiger partial charge in [0.15, 0.2) is 0 Å². The Morgan fingerprint density at radius 2 is 2.11 bits per heavy atom. The summed E-state index contributed by atoms with van der Waals surface area (Å²) in [5, 5.41) is 0. The highest BCUT2D eigenvalue weighted by Crippen LogP contribution is 2.62. The van der Waals surface area contributed by atoms with Gasteiger partial charge in [0.1, 0.15) is 0 Å². The fourth-order valence-corrected chi connectivity index (χ4v) is 4.11. The molecule has 3 atom stereocenters. The van der Waals surface area contributed by atoms with Gasteiger partial charge in [-0.05, 0) is 52.4 Å². The molecular weight excluding hydrogens is 222 g/mol. The minimum atomic E-state index is 0.282. The second kappa shape index (κ2) is 3.77. The maximum absolute atomic E-state index is 4.45. The number of piperidine rings is 1. The Hall–Kier alpha value is -0.960. The molecule has 2 heterocycles. The lowest BCUT2D eigenvalue weighted by Gasteiger charge is -2.37. The molecule has 1 aliphatic heterocycles. The number of fused-ring (bicyclic) bond motifs is 1. The van der Waals surface area contributed by atoms with Crippen molar-refractivity contribution < 1.29 is 0 Å². The lowest BCUT2D eigenvalue weighted by atomic mass is 9.94. The third-order valence-corrected chi connectivity index (χ3v) is 4.58. The smallest absolute Gasteiger partial charge is 0.0592 e. The van der Waals surface area contributed by atoms with Crippen LogP contribution in [0.25, 0.3) is 0 Å². The number of hydrogen-bond acceptors (Lipinski definition) is 3. The van der Waals surface area contributed by atoms with Crippen molar-refractivity contribution in [3.63, 3.8) is 0 Å². The molecule has 2 fully saturated rings. The average molecular weight is 245 g/mol. The van der Waals surface area contributed by atoms with Crippen LogP contribution in [0.3, 0.4) is 0 Å². The van der Waals surface area contributed by atoms with Crippen molar-refractivity contribution in [3.05, 3.63) is 24.3 Å². The fourth-order valence-electron chi connectivity index (χ4n) is 4.11. The molecule has 3 heteroatoms. The number of nitrogens with zero attached hydrogens (tertiary/aromatic N) is 3. The van der Waals surface area contributed by atoms with E-state index in [4.69, 9.17) is 0 Å². The van der Waals surface area contributed by atoms with Crippen LogP contribution in [-0.4, -0.2) is 32.5 Å². The molecule has 98 valence electrons. The van der Waals surface area contributed by atoms with Crippen LogP contribution in [0.5, 0.6) is 0 Å². The van der Waals surface area contributed by atoms with Crippen LogP contribution in [0.4, 0.5) is 0 Å². The zero-order chi connectivity index (χ0) is 13.0. The van der Waals surface area contributed by atoms with Crippen LogP contribution < -0.4 is 0 Å². The summed E-state index contributed by atoms with van der Waals surface area (Å²) in [4.78, 5) is 11.3. The summed E-state index contributed by atoms with van der Waals surface area (Å²) in [5.41, 5.74) is 1.93. The van der Waals surface area contributed by atoms with Crippen LogP contribution in [0.2, 0.25) is 0 Å². The van der Waals surface area contributed by atoms with Crippen LogP contribution >= 0.6 is 0 Å². The Morgan fingerprint density at radius 1 is 1.33 bits per heavy atom. The third kappa shape index (κ3) is 1.85. The van der Waals surface area contributed by atoms with E-state index in [1.807, 2.05) is 12.4 Å². The Balaban J connectivity index is 1.77. The Kier molecular flexibility index (Phi) is 2.53. The first-order valence-corrected chi connectivity index (χ1v) is 6.96. The number of likely N-dealkylation sites (tertiary alicyclic amines) is 1. The monoisotopic (exact) mass is 245 g/mol. The Labute approximate surface area is 110 Å². The molecule has 3 nitrogen and oxygen atoms in total. The van der Waals surface area contributed by atoms with Crippen LogP contribution in [0, 0.1) is 5.41 Å². The molecule has 0 amide bonds. The molecule has 0 unspecified atom stereocenters. The molecule has 18 heavy (non-hydrogen) atoms. The van der Waals surface area contributed by atoms with Gasteiger partial charge in [-0.25, -0.2) is 0 Å². The van der Waals surface area contributed by atoms with Crippen molar-refractivity contribution >= 4 is 0 Å². The predicted octanol–water partition coefficient (Wildman–Crippen LogP) is 2.67. The summed E-state index contributed by atoms with van der Waals surface area (Å²) in [6, 6.07) is 1.45. The van der Waals surface area contributed by atoms with Crippen molar-refractivity contribution in [2.75, 3.05) is 0 Å². The molecule has 1 aromatic heterocycles. The van der Waals surface area contributed by atoms with E-state index in [1.165, 1.54) is 12.8 Å². The topological polar surface area (TPSA) is 29.0 Å². The molecule has 0 aromatic carbocycles. The van der Waals surface area contributed by atoms with E-state index in [2.05, 4.69) is 42.6 Å².